The molecule has 6 nitrogen and oxygen atoms in total. The number of likely N-dealkylation sites (tertiary alicyclic amines) is 1. The van der Waals surface area contributed by atoms with Gasteiger partial charge in [0, 0.05) is 31.0 Å². The Kier molecular flexibility index (Phi) is 4.64. The number of piperidine rings is 1. The first-order valence-corrected chi connectivity index (χ1v) is 9.53. The summed E-state index contributed by atoms with van der Waals surface area (Å²) in [7, 11) is 0. The maximum absolute atomic E-state index is 12.6. The molecule has 140 valence electrons. The van der Waals surface area contributed by atoms with Crippen LogP contribution in [0.5, 0.6) is 0 Å². The fourth-order valence-corrected chi connectivity index (χ4v) is 3.68. The van der Waals surface area contributed by atoms with Crippen molar-refractivity contribution in [3.63, 3.8) is 0 Å². The molecule has 1 aliphatic carbocycles. The van der Waals surface area contributed by atoms with Crippen LogP contribution >= 0.6 is 0 Å². The zero-order chi connectivity index (χ0) is 18.9. The highest BCUT2D eigenvalue weighted by atomic mass is 16.2. The predicted octanol–water partition coefficient (Wildman–Crippen LogP) is 2.66. The first kappa shape index (κ1) is 17.6. The number of aromatic nitrogens is 2. The number of amides is 2. The van der Waals surface area contributed by atoms with Crippen LogP contribution in [0.25, 0.3) is 11.4 Å². The third-order valence-electron chi connectivity index (χ3n) is 5.76. The van der Waals surface area contributed by atoms with Crippen molar-refractivity contribution in [3.05, 3.63) is 48.3 Å². The van der Waals surface area contributed by atoms with Crippen molar-refractivity contribution >= 4 is 11.8 Å². The van der Waals surface area contributed by atoms with Crippen LogP contribution in [0.4, 0.5) is 0 Å². The van der Waals surface area contributed by atoms with Crippen molar-refractivity contribution in [3.8, 4) is 11.4 Å². The summed E-state index contributed by atoms with van der Waals surface area (Å²) in [6, 6.07) is 9.03. The number of carbonyl (C=O) groups is 2. The van der Waals surface area contributed by atoms with Crippen LogP contribution in [0.3, 0.4) is 0 Å². The molecule has 0 radical (unpaired) electrons. The van der Waals surface area contributed by atoms with Crippen molar-refractivity contribution in [2.45, 2.75) is 38.6 Å². The van der Waals surface area contributed by atoms with Crippen LogP contribution in [-0.2, 0) is 4.79 Å². The minimum atomic E-state index is -0.556. The zero-order valence-electron chi connectivity index (χ0n) is 15.5. The molecule has 1 spiro atoms. The average molecular weight is 364 g/mol. The number of rotatable bonds is 4. The Morgan fingerprint density at radius 3 is 2.26 bits per heavy atom. The van der Waals surface area contributed by atoms with E-state index in [1.54, 1.807) is 6.92 Å². The summed E-state index contributed by atoms with van der Waals surface area (Å²) in [4.78, 5) is 35.5. The Hall–Kier alpha value is -2.76. The second kappa shape index (κ2) is 7.10. The van der Waals surface area contributed by atoms with Gasteiger partial charge in [-0.25, -0.2) is 9.97 Å². The van der Waals surface area contributed by atoms with Crippen LogP contribution in [-0.4, -0.2) is 45.8 Å². The van der Waals surface area contributed by atoms with Crippen molar-refractivity contribution in [2.75, 3.05) is 13.1 Å². The molecule has 2 heterocycles. The van der Waals surface area contributed by atoms with Gasteiger partial charge in [-0.1, -0.05) is 30.3 Å². The minimum Gasteiger partial charge on any atom is -0.341 e. The predicted molar refractivity (Wildman–Crippen MR) is 102 cm³/mol. The van der Waals surface area contributed by atoms with E-state index >= 15 is 0 Å². The lowest BCUT2D eigenvalue weighted by Gasteiger charge is -2.33. The largest absolute Gasteiger partial charge is 0.341 e. The number of carbonyl (C=O) groups excluding carboxylic acids is 2. The molecule has 6 heteroatoms. The van der Waals surface area contributed by atoms with Crippen LogP contribution < -0.4 is 5.32 Å². The highest BCUT2D eigenvalue weighted by Gasteiger charge is 2.45. The van der Waals surface area contributed by atoms with Crippen LogP contribution in [0, 0.1) is 5.41 Å². The molecule has 27 heavy (non-hydrogen) atoms. The standard InChI is InChI=1S/C21H24N4O2/c1-15(20(27)25-11-9-21(7-8-21)10-12-25)24-19(26)17-13-22-18(23-14-17)16-5-3-2-4-6-16/h2-6,13-15H,7-12H2,1H3,(H,24,26)/t15-/m1/s1. The summed E-state index contributed by atoms with van der Waals surface area (Å²) in [6.07, 6.45) is 7.79. The Labute approximate surface area is 159 Å². The van der Waals surface area contributed by atoms with E-state index < -0.39 is 6.04 Å². The lowest BCUT2D eigenvalue weighted by Crippen LogP contribution is -2.49. The Morgan fingerprint density at radius 1 is 1.04 bits per heavy atom. The molecule has 2 aromatic rings. The fourth-order valence-electron chi connectivity index (χ4n) is 3.68. The van der Waals surface area contributed by atoms with Crippen molar-refractivity contribution < 1.29 is 9.59 Å². The molecule has 0 unspecified atom stereocenters. The highest BCUT2D eigenvalue weighted by molar-refractivity contribution is 5.97. The molecule has 1 atom stereocenters. The maximum Gasteiger partial charge on any atom is 0.255 e. The summed E-state index contributed by atoms with van der Waals surface area (Å²) in [5, 5.41) is 2.78. The van der Waals surface area contributed by atoms with Gasteiger partial charge < -0.3 is 10.2 Å². The molecule has 2 fully saturated rings. The fraction of sp³-hybridized carbons (Fsp3) is 0.429. The second-order valence-electron chi connectivity index (χ2n) is 7.68. The highest BCUT2D eigenvalue weighted by Crippen LogP contribution is 2.53. The van der Waals surface area contributed by atoms with Gasteiger partial charge in [0.15, 0.2) is 5.82 Å². The van der Waals surface area contributed by atoms with E-state index in [-0.39, 0.29) is 11.8 Å². The maximum atomic E-state index is 12.6. The number of benzene rings is 1. The molecule has 0 bridgehead atoms. The number of hydrogen-bond donors (Lipinski definition) is 1. The van der Waals surface area contributed by atoms with Gasteiger partial charge in [-0.15, -0.1) is 0 Å². The lowest BCUT2D eigenvalue weighted by atomic mass is 9.93. The van der Waals surface area contributed by atoms with Gasteiger partial charge in [0.2, 0.25) is 5.91 Å². The third-order valence-corrected chi connectivity index (χ3v) is 5.76. The smallest absolute Gasteiger partial charge is 0.255 e. The van der Waals surface area contributed by atoms with E-state index in [0.29, 0.717) is 16.8 Å². The van der Waals surface area contributed by atoms with E-state index in [1.807, 2.05) is 35.2 Å². The molecule has 2 aliphatic rings. The molecular weight excluding hydrogens is 340 g/mol. The van der Waals surface area contributed by atoms with Crippen LogP contribution in [0.1, 0.15) is 43.0 Å². The first-order chi connectivity index (χ1) is 13.1. The van der Waals surface area contributed by atoms with E-state index in [0.717, 1.165) is 31.5 Å². The molecule has 4 rings (SSSR count). The van der Waals surface area contributed by atoms with E-state index in [9.17, 15) is 9.59 Å². The van der Waals surface area contributed by atoms with Gasteiger partial charge in [0.25, 0.3) is 5.91 Å². The number of nitrogens with zero attached hydrogens (tertiary/aromatic N) is 3. The molecule has 1 saturated carbocycles. The van der Waals surface area contributed by atoms with Gasteiger partial charge in [0.05, 0.1) is 5.56 Å². The molecule has 1 N–H and O–H groups in total. The molecule has 1 aliphatic heterocycles. The minimum absolute atomic E-state index is 0.0133. The van der Waals surface area contributed by atoms with Gasteiger partial charge >= 0.3 is 0 Å². The molecular formula is C21H24N4O2. The molecule has 1 saturated heterocycles. The number of hydrogen-bond acceptors (Lipinski definition) is 4. The van der Waals surface area contributed by atoms with Gasteiger partial charge in [0.1, 0.15) is 6.04 Å². The second-order valence-corrected chi connectivity index (χ2v) is 7.68. The van der Waals surface area contributed by atoms with Crippen molar-refractivity contribution in [2.24, 2.45) is 5.41 Å². The average Bonchev–Trinajstić information content (AvgIpc) is 3.47. The van der Waals surface area contributed by atoms with Gasteiger partial charge in [-0.3, -0.25) is 9.59 Å². The van der Waals surface area contributed by atoms with Gasteiger partial charge in [-0.2, -0.15) is 0 Å². The summed E-state index contributed by atoms with van der Waals surface area (Å²) in [6.45, 7) is 3.34. The molecule has 1 aromatic heterocycles. The zero-order valence-corrected chi connectivity index (χ0v) is 15.5. The SMILES string of the molecule is C[C@@H](NC(=O)c1cnc(-c2ccccc2)nc1)C(=O)N1CCC2(CC1)CC2. The Bertz CT molecular complexity index is 821. The summed E-state index contributed by atoms with van der Waals surface area (Å²) < 4.78 is 0. The van der Waals surface area contributed by atoms with Gasteiger partial charge in [-0.05, 0) is 38.0 Å². The number of nitrogens with one attached hydrogen (secondary N) is 1. The van der Waals surface area contributed by atoms with E-state index in [4.69, 9.17) is 0 Å². The Morgan fingerprint density at radius 2 is 1.67 bits per heavy atom. The molecule has 1 aromatic carbocycles. The van der Waals surface area contributed by atoms with E-state index in [1.165, 1.54) is 25.2 Å². The summed E-state index contributed by atoms with van der Waals surface area (Å²) in [5.74, 6) is 0.227. The lowest BCUT2D eigenvalue weighted by molar-refractivity contribution is -0.134. The topological polar surface area (TPSA) is 75.2 Å². The normalized spacial score (nSPS) is 18.8. The third kappa shape index (κ3) is 3.84. The van der Waals surface area contributed by atoms with E-state index in [2.05, 4.69) is 15.3 Å². The Balaban J connectivity index is 1.34. The van der Waals surface area contributed by atoms with Crippen molar-refractivity contribution in [1.82, 2.24) is 20.2 Å². The monoisotopic (exact) mass is 364 g/mol. The van der Waals surface area contributed by atoms with Crippen molar-refractivity contribution in [1.29, 1.82) is 0 Å². The quantitative estimate of drug-likeness (QED) is 0.905. The first-order valence-electron chi connectivity index (χ1n) is 9.53. The van der Waals surface area contributed by atoms with Crippen LogP contribution in [0.2, 0.25) is 0 Å². The molecule has 2 amide bonds. The summed E-state index contributed by atoms with van der Waals surface area (Å²) >= 11 is 0. The summed E-state index contributed by atoms with van der Waals surface area (Å²) in [5.41, 5.74) is 1.78. The van der Waals surface area contributed by atoms with Crippen LogP contribution in [0.15, 0.2) is 42.7 Å².